The van der Waals surface area contributed by atoms with E-state index in [1.807, 2.05) is 31.3 Å². The summed E-state index contributed by atoms with van der Waals surface area (Å²) in [5.74, 6) is 0.350. The van der Waals surface area contributed by atoms with Gasteiger partial charge >= 0.3 is 0 Å². The van der Waals surface area contributed by atoms with E-state index in [0.29, 0.717) is 22.7 Å². The van der Waals surface area contributed by atoms with Crippen LogP contribution in [0.25, 0.3) is 10.9 Å². The second-order valence-electron chi connectivity index (χ2n) is 5.80. The molecule has 4 aromatic rings. The van der Waals surface area contributed by atoms with Gasteiger partial charge in [0, 0.05) is 24.2 Å². The summed E-state index contributed by atoms with van der Waals surface area (Å²) in [5, 5.41) is 3.90. The Morgan fingerprint density at radius 1 is 1.08 bits per heavy atom. The molecule has 2 aromatic carbocycles. The van der Waals surface area contributed by atoms with Crippen LogP contribution in [0.3, 0.4) is 0 Å². The molecule has 4 rings (SSSR count). The number of anilines is 2. The van der Waals surface area contributed by atoms with Crippen molar-refractivity contribution < 1.29 is 9.18 Å². The third kappa shape index (κ3) is 3.02. The molecule has 0 aliphatic rings. The van der Waals surface area contributed by atoms with Crippen molar-refractivity contribution in [3.8, 4) is 0 Å². The van der Waals surface area contributed by atoms with Crippen LogP contribution in [0, 0.1) is 5.82 Å². The summed E-state index contributed by atoms with van der Waals surface area (Å²) in [6.45, 7) is 0. The van der Waals surface area contributed by atoms with Gasteiger partial charge in [0.1, 0.15) is 17.5 Å². The largest absolute Gasteiger partial charge is 0.338 e. The van der Waals surface area contributed by atoms with Gasteiger partial charge in [-0.3, -0.25) is 4.79 Å². The molecular formula is C19H14FN5O. The van der Waals surface area contributed by atoms with E-state index in [1.165, 1.54) is 24.3 Å². The first-order valence-corrected chi connectivity index (χ1v) is 7.92. The SMILES string of the molecule is Cn1cnc(Nc2nc(C(=O)c3ccc(F)cc3)nc3ccccc23)c1. The number of hydrogen-bond acceptors (Lipinski definition) is 5. The van der Waals surface area contributed by atoms with Gasteiger partial charge in [0.05, 0.1) is 11.8 Å². The third-order valence-electron chi connectivity index (χ3n) is 3.86. The molecule has 0 spiro atoms. The topological polar surface area (TPSA) is 72.7 Å². The number of halogens is 1. The smallest absolute Gasteiger partial charge is 0.230 e. The van der Waals surface area contributed by atoms with Gasteiger partial charge in [-0.25, -0.2) is 19.3 Å². The number of benzene rings is 2. The van der Waals surface area contributed by atoms with Crippen LogP contribution in [-0.2, 0) is 7.05 Å². The number of para-hydroxylation sites is 1. The van der Waals surface area contributed by atoms with Crippen LogP contribution < -0.4 is 5.32 Å². The van der Waals surface area contributed by atoms with Crippen molar-refractivity contribution in [2.75, 3.05) is 5.32 Å². The first-order chi connectivity index (χ1) is 12.6. The predicted molar refractivity (Wildman–Crippen MR) is 95.9 cm³/mol. The van der Waals surface area contributed by atoms with Crippen molar-refractivity contribution in [1.29, 1.82) is 0 Å². The van der Waals surface area contributed by atoms with Gasteiger partial charge in [-0.15, -0.1) is 0 Å². The zero-order valence-corrected chi connectivity index (χ0v) is 13.8. The van der Waals surface area contributed by atoms with Gasteiger partial charge in [-0.05, 0) is 36.4 Å². The van der Waals surface area contributed by atoms with E-state index in [0.717, 1.165) is 5.39 Å². The Labute approximate surface area is 148 Å². The highest BCUT2D eigenvalue weighted by molar-refractivity contribution is 6.08. The highest BCUT2D eigenvalue weighted by Crippen LogP contribution is 2.24. The van der Waals surface area contributed by atoms with Crippen molar-refractivity contribution in [1.82, 2.24) is 19.5 Å². The standard InChI is InChI=1S/C19H14FN5O/c1-25-10-16(21-11-25)23-18-14-4-2-3-5-15(14)22-19(24-18)17(26)12-6-8-13(20)9-7-12/h2-11H,1H3,(H,22,23,24). The lowest BCUT2D eigenvalue weighted by molar-refractivity contribution is 0.103. The van der Waals surface area contributed by atoms with E-state index >= 15 is 0 Å². The highest BCUT2D eigenvalue weighted by atomic mass is 19.1. The zero-order valence-electron chi connectivity index (χ0n) is 13.8. The lowest BCUT2D eigenvalue weighted by atomic mass is 10.1. The molecule has 0 radical (unpaired) electrons. The quantitative estimate of drug-likeness (QED) is 0.572. The maximum absolute atomic E-state index is 13.1. The summed E-state index contributed by atoms with van der Waals surface area (Å²) in [6.07, 6.45) is 3.47. The van der Waals surface area contributed by atoms with Crippen LogP contribution in [0.1, 0.15) is 16.2 Å². The van der Waals surface area contributed by atoms with Crippen molar-refractivity contribution >= 4 is 28.3 Å². The molecule has 0 saturated heterocycles. The second-order valence-corrected chi connectivity index (χ2v) is 5.80. The van der Waals surface area contributed by atoms with Gasteiger partial charge in [-0.2, -0.15) is 0 Å². The van der Waals surface area contributed by atoms with Gasteiger partial charge < -0.3 is 9.88 Å². The van der Waals surface area contributed by atoms with Crippen LogP contribution in [-0.4, -0.2) is 25.3 Å². The zero-order chi connectivity index (χ0) is 18.1. The Morgan fingerprint density at radius 2 is 1.85 bits per heavy atom. The molecule has 2 heterocycles. The van der Waals surface area contributed by atoms with Crippen LogP contribution >= 0.6 is 0 Å². The van der Waals surface area contributed by atoms with Gasteiger partial charge in [0.25, 0.3) is 0 Å². The molecule has 0 aliphatic heterocycles. The van der Waals surface area contributed by atoms with Crippen molar-refractivity contribution in [2.24, 2.45) is 7.05 Å². The first kappa shape index (κ1) is 15.9. The van der Waals surface area contributed by atoms with Crippen molar-refractivity contribution in [3.63, 3.8) is 0 Å². The van der Waals surface area contributed by atoms with Crippen LogP contribution in [0.4, 0.5) is 16.0 Å². The summed E-state index contributed by atoms with van der Waals surface area (Å²) < 4.78 is 14.9. The molecule has 0 amide bonds. The van der Waals surface area contributed by atoms with Crippen LogP contribution in [0.15, 0.2) is 61.1 Å². The molecular weight excluding hydrogens is 333 g/mol. The Balaban J connectivity index is 1.80. The molecule has 0 bridgehead atoms. The Morgan fingerprint density at radius 3 is 2.58 bits per heavy atom. The van der Waals surface area contributed by atoms with E-state index in [9.17, 15) is 9.18 Å². The number of carbonyl (C=O) groups excluding carboxylic acids is 1. The molecule has 0 unspecified atom stereocenters. The summed E-state index contributed by atoms with van der Waals surface area (Å²) >= 11 is 0. The number of aromatic nitrogens is 4. The van der Waals surface area contributed by atoms with E-state index < -0.39 is 5.82 Å². The number of aryl methyl sites for hydroxylation is 1. The second kappa shape index (κ2) is 6.36. The fraction of sp³-hybridized carbons (Fsp3) is 0.0526. The fourth-order valence-electron chi connectivity index (χ4n) is 2.60. The molecule has 0 saturated carbocycles. The van der Waals surface area contributed by atoms with Gasteiger partial charge in [0.15, 0.2) is 0 Å². The summed E-state index contributed by atoms with van der Waals surface area (Å²) in [6, 6.07) is 12.7. The number of fused-ring (bicyclic) bond motifs is 1. The van der Waals surface area contributed by atoms with Crippen molar-refractivity contribution in [3.05, 3.63) is 78.3 Å². The molecule has 0 fully saturated rings. The minimum Gasteiger partial charge on any atom is -0.338 e. The Hall–Kier alpha value is -3.61. The Bertz CT molecular complexity index is 1100. The number of carbonyl (C=O) groups is 1. The Kier molecular flexibility index (Phi) is 3.89. The minimum atomic E-state index is -0.404. The lowest BCUT2D eigenvalue weighted by Gasteiger charge is -2.09. The van der Waals surface area contributed by atoms with Crippen LogP contribution in [0.2, 0.25) is 0 Å². The lowest BCUT2D eigenvalue weighted by Crippen LogP contribution is -2.09. The normalized spacial score (nSPS) is 10.8. The number of imidazole rings is 1. The van der Waals surface area contributed by atoms with Crippen LogP contribution in [0.5, 0.6) is 0 Å². The average Bonchev–Trinajstić information content (AvgIpc) is 3.06. The predicted octanol–water partition coefficient (Wildman–Crippen LogP) is 3.48. The van der Waals surface area contributed by atoms with Gasteiger partial charge in [0.2, 0.25) is 11.6 Å². The van der Waals surface area contributed by atoms with Crippen molar-refractivity contribution in [2.45, 2.75) is 0 Å². The number of ketones is 1. The average molecular weight is 347 g/mol. The molecule has 7 heteroatoms. The minimum absolute atomic E-state index is 0.0359. The molecule has 0 atom stereocenters. The number of nitrogens with one attached hydrogen (secondary N) is 1. The molecule has 1 N–H and O–H groups in total. The van der Waals surface area contributed by atoms with E-state index in [2.05, 4.69) is 20.3 Å². The number of nitrogens with zero attached hydrogens (tertiary/aromatic N) is 4. The molecule has 128 valence electrons. The van der Waals surface area contributed by atoms with Gasteiger partial charge in [-0.1, -0.05) is 12.1 Å². The monoisotopic (exact) mass is 347 g/mol. The summed E-state index contributed by atoms with van der Waals surface area (Å²) in [4.78, 5) is 25.7. The molecule has 0 aliphatic carbocycles. The number of rotatable bonds is 4. The summed E-state index contributed by atoms with van der Waals surface area (Å²) in [5.41, 5.74) is 0.955. The maximum atomic E-state index is 13.1. The number of hydrogen-bond donors (Lipinski definition) is 1. The fourth-order valence-corrected chi connectivity index (χ4v) is 2.60. The third-order valence-corrected chi connectivity index (χ3v) is 3.86. The molecule has 6 nitrogen and oxygen atoms in total. The highest BCUT2D eigenvalue weighted by Gasteiger charge is 2.16. The van der Waals surface area contributed by atoms with E-state index in [-0.39, 0.29) is 11.6 Å². The molecule has 2 aromatic heterocycles. The summed E-state index contributed by atoms with van der Waals surface area (Å²) in [7, 11) is 1.86. The first-order valence-electron chi connectivity index (χ1n) is 7.92. The molecule has 26 heavy (non-hydrogen) atoms. The van der Waals surface area contributed by atoms with E-state index in [1.54, 1.807) is 17.1 Å². The van der Waals surface area contributed by atoms with E-state index in [4.69, 9.17) is 0 Å². The maximum Gasteiger partial charge on any atom is 0.230 e.